The van der Waals surface area contributed by atoms with Gasteiger partial charge in [-0.15, -0.1) is 23.2 Å². The van der Waals surface area contributed by atoms with Crippen LogP contribution in [0.15, 0.2) is 0 Å². The van der Waals surface area contributed by atoms with E-state index in [2.05, 4.69) is 5.32 Å². The van der Waals surface area contributed by atoms with Crippen LogP contribution < -0.4 is 5.32 Å². The molecule has 3 aliphatic rings. The van der Waals surface area contributed by atoms with Crippen LogP contribution in [0.25, 0.3) is 0 Å². The van der Waals surface area contributed by atoms with Crippen LogP contribution in [0.5, 0.6) is 0 Å². The van der Waals surface area contributed by atoms with E-state index in [0.29, 0.717) is 32.2 Å². The van der Waals surface area contributed by atoms with E-state index in [1.165, 1.54) is 4.90 Å². The SMILES string of the molecule is O=C(NCCC1CC1(Cl)Cl)N1C[C@@H]2CCC[C@]2(C(F)(F)F)C1. The summed E-state index contributed by atoms with van der Waals surface area (Å²) in [4.78, 5) is 13.4. The van der Waals surface area contributed by atoms with E-state index < -0.39 is 27.9 Å². The van der Waals surface area contributed by atoms with Crippen molar-refractivity contribution in [2.24, 2.45) is 17.3 Å². The maximum Gasteiger partial charge on any atom is 0.396 e. The Morgan fingerprint density at radius 3 is 2.59 bits per heavy atom. The second-order valence-corrected chi connectivity index (χ2v) is 8.35. The molecule has 2 amide bonds. The third-order valence-electron chi connectivity index (χ3n) is 5.45. The first kappa shape index (κ1) is 16.5. The molecule has 1 heterocycles. The molecule has 3 nitrogen and oxygen atoms in total. The fraction of sp³-hybridized carbons (Fsp3) is 0.929. The Morgan fingerprint density at radius 2 is 2.05 bits per heavy atom. The quantitative estimate of drug-likeness (QED) is 0.761. The Bertz CT molecular complexity index is 471. The van der Waals surface area contributed by atoms with Gasteiger partial charge in [0.05, 0.1) is 5.41 Å². The molecule has 1 saturated heterocycles. The molecule has 3 rings (SSSR count). The Morgan fingerprint density at radius 1 is 1.36 bits per heavy atom. The summed E-state index contributed by atoms with van der Waals surface area (Å²) in [7, 11) is 0. The molecule has 8 heteroatoms. The Balaban J connectivity index is 1.52. The number of carbonyl (C=O) groups excluding carboxylic acids is 1. The first-order valence-electron chi connectivity index (χ1n) is 7.63. The van der Waals surface area contributed by atoms with Crippen LogP contribution in [0, 0.1) is 17.3 Å². The van der Waals surface area contributed by atoms with Gasteiger partial charge in [0.15, 0.2) is 0 Å². The second-order valence-electron chi connectivity index (χ2n) is 6.81. The van der Waals surface area contributed by atoms with Crippen molar-refractivity contribution in [2.75, 3.05) is 19.6 Å². The van der Waals surface area contributed by atoms with Gasteiger partial charge in [-0.2, -0.15) is 13.2 Å². The van der Waals surface area contributed by atoms with Gasteiger partial charge in [0.1, 0.15) is 4.33 Å². The number of nitrogens with one attached hydrogen (secondary N) is 1. The van der Waals surface area contributed by atoms with Crippen molar-refractivity contribution in [3.63, 3.8) is 0 Å². The Labute approximate surface area is 137 Å². The van der Waals surface area contributed by atoms with Gasteiger partial charge in [-0.3, -0.25) is 0 Å². The molecule has 1 unspecified atom stereocenters. The molecule has 2 saturated carbocycles. The lowest BCUT2D eigenvalue weighted by Gasteiger charge is -2.31. The molecule has 126 valence electrons. The number of nitrogens with zero attached hydrogens (tertiary/aromatic N) is 1. The normalized spacial score (nSPS) is 36.3. The third kappa shape index (κ3) is 2.77. The molecule has 0 spiro atoms. The smallest absolute Gasteiger partial charge is 0.338 e. The standard InChI is InChI=1S/C14H19Cl2F3N2O/c15-13(16)6-9(13)3-5-20-11(22)21-7-10-2-1-4-12(10,8-21)14(17,18)19/h9-10H,1-8H2,(H,20,22)/t9?,10-,12-/m0/s1. The number of amides is 2. The molecule has 1 N–H and O–H groups in total. The average molecular weight is 359 g/mol. The van der Waals surface area contributed by atoms with Crippen LogP contribution >= 0.6 is 23.2 Å². The summed E-state index contributed by atoms with van der Waals surface area (Å²) in [5.41, 5.74) is -1.69. The summed E-state index contributed by atoms with van der Waals surface area (Å²) in [6, 6.07) is -0.409. The Kier molecular flexibility index (Phi) is 4.00. The number of urea groups is 1. The number of hydrogen-bond donors (Lipinski definition) is 1. The summed E-state index contributed by atoms with van der Waals surface area (Å²) < 4.78 is 39.5. The fourth-order valence-electron chi connectivity index (χ4n) is 3.96. The molecule has 0 radical (unpaired) electrons. The minimum Gasteiger partial charge on any atom is -0.338 e. The topological polar surface area (TPSA) is 32.3 Å². The van der Waals surface area contributed by atoms with Crippen molar-refractivity contribution in [3.05, 3.63) is 0 Å². The first-order valence-corrected chi connectivity index (χ1v) is 8.39. The monoisotopic (exact) mass is 358 g/mol. The van der Waals surface area contributed by atoms with E-state index >= 15 is 0 Å². The molecule has 0 aromatic carbocycles. The van der Waals surface area contributed by atoms with Gasteiger partial charge in [-0.1, -0.05) is 6.42 Å². The summed E-state index contributed by atoms with van der Waals surface area (Å²) in [5, 5.41) is 2.69. The number of fused-ring (bicyclic) bond motifs is 1. The summed E-state index contributed by atoms with van der Waals surface area (Å²) >= 11 is 11.8. The van der Waals surface area contributed by atoms with E-state index in [4.69, 9.17) is 23.2 Å². The predicted octanol–water partition coefficient (Wildman–Crippen LogP) is 3.94. The van der Waals surface area contributed by atoms with Crippen molar-refractivity contribution in [3.8, 4) is 0 Å². The van der Waals surface area contributed by atoms with Gasteiger partial charge in [0.25, 0.3) is 0 Å². The predicted molar refractivity (Wildman–Crippen MR) is 78.0 cm³/mol. The van der Waals surface area contributed by atoms with Gasteiger partial charge >= 0.3 is 12.2 Å². The number of carbonyl (C=O) groups is 1. The Hall–Kier alpha value is -0.360. The van der Waals surface area contributed by atoms with Crippen LogP contribution in [-0.4, -0.2) is 41.1 Å². The van der Waals surface area contributed by atoms with Crippen LogP contribution in [0.2, 0.25) is 0 Å². The van der Waals surface area contributed by atoms with Crippen LogP contribution in [0.4, 0.5) is 18.0 Å². The number of halogens is 5. The zero-order valence-corrected chi connectivity index (χ0v) is 13.6. The van der Waals surface area contributed by atoms with Crippen molar-refractivity contribution in [1.29, 1.82) is 0 Å². The number of alkyl halides is 5. The molecular formula is C14H19Cl2F3N2O. The zero-order chi connectivity index (χ0) is 16.2. The van der Waals surface area contributed by atoms with E-state index in [-0.39, 0.29) is 25.4 Å². The van der Waals surface area contributed by atoms with Crippen molar-refractivity contribution in [2.45, 2.75) is 42.6 Å². The minimum absolute atomic E-state index is 0.133. The van der Waals surface area contributed by atoms with Crippen LogP contribution in [0.1, 0.15) is 32.1 Å². The van der Waals surface area contributed by atoms with Gasteiger partial charge in [-0.25, -0.2) is 4.79 Å². The maximum atomic E-state index is 13.4. The van der Waals surface area contributed by atoms with E-state index in [9.17, 15) is 18.0 Å². The van der Waals surface area contributed by atoms with Crippen molar-refractivity contribution in [1.82, 2.24) is 10.2 Å². The molecule has 3 atom stereocenters. The van der Waals surface area contributed by atoms with Gasteiger partial charge in [-0.05, 0) is 37.5 Å². The number of rotatable bonds is 3. The molecule has 0 aromatic heterocycles. The lowest BCUT2D eigenvalue weighted by molar-refractivity contribution is -0.226. The molecule has 0 aromatic rings. The van der Waals surface area contributed by atoms with E-state index in [1.807, 2.05) is 0 Å². The zero-order valence-electron chi connectivity index (χ0n) is 12.1. The molecule has 2 aliphatic carbocycles. The lowest BCUT2D eigenvalue weighted by atomic mass is 9.80. The number of likely N-dealkylation sites (tertiary alicyclic amines) is 1. The second kappa shape index (κ2) is 5.33. The van der Waals surface area contributed by atoms with Gasteiger partial charge in [0, 0.05) is 19.6 Å². The molecule has 1 aliphatic heterocycles. The highest BCUT2D eigenvalue weighted by atomic mass is 35.5. The maximum absolute atomic E-state index is 13.4. The average Bonchev–Trinajstić information content (AvgIpc) is 2.77. The number of hydrogen-bond acceptors (Lipinski definition) is 1. The third-order valence-corrected chi connectivity index (χ3v) is 6.37. The first-order chi connectivity index (χ1) is 10.2. The molecule has 0 bridgehead atoms. The highest BCUT2D eigenvalue weighted by Gasteiger charge is 2.65. The van der Waals surface area contributed by atoms with Crippen LogP contribution in [-0.2, 0) is 0 Å². The summed E-state index contributed by atoms with van der Waals surface area (Å²) in [5.74, 6) is -0.296. The van der Waals surface area contributed by atoms with Crippen molar-refractivity contribution < 1.29 is 18.0 Å². The highest BCUT2D eigenvalue weighted by molar-refractivity contribution is 6.50. The minimum atomic E-state index is -4.24. The van der Waals surface area contributed by atoms with E-state index in [1.54, 1.807) is 0 Å². The molecule has 22 heavy (non-hydrogen) atoms. The van der Waals surface area contributed by atoms with E-state index in [0.717, 1.165) is 0 Å². The largest absolute Gasteiger partial charge is 0.396 e. The highest BCUT2D eigenvalue weighted by Crippen LogP contribution is 2.57. The molecule has 3 fully saturated rings. The fourth-order valence-corrected chi connectivity index (χ4v) is 4.55. The molecular weight excluding hydrogens is 340 g/mol. The summed E-state index contributed by atoms with van der Waals surface area (Å²) in [6.07, 6.45) is -1.61. The van der Waals surface area contributed by atoms with Gasteiger partial charge < -0.3 is 10.2 Å². The van der Waals surface area contributed by atoms with Gasteiger partial charge in [0.2, 0.25) is 0 Å². The van der Waals surface area contributed by atoms with Crippen LogP contribution in [0.3, 0.4) is 0 Å². The lowest BCUT2D eigenvalue weighted by Crippen LogP contribution is -2.44. The van der Waals surface area contributed by atoms with Crippen molar-refractivity contribution >= 4 is 29.2 Å². The summed E-state index contributed by atoms with van der Waals surface area (Å²) in [6.45, 7) is 0.375.